The lowest BCUT2D eigenvalue weighted by molar-refractivity contribution is 0.592. The lowest BCUT2D eigenvalue weighted by atomic mass is 9.92. The Hall–Kier alpha value is -5.11. The fourth-order valence-electron chi connectivity index (χ4n) is 6.25. The molecule has 3 nitrogen and oxygen atoms in total. The molecule has 0 fully saturated rings. The van der Waals surface area contributed by atoms with Crippen LogP contribution in [0.25, 0.3) is 54.5 Å². The molecule has 0 bridgehead atoms. The number of hydrogen-bond donors (Lipinski definition) is 0. The SMILES string of the molecule is O=P(c1ccccc1)(c1ccc(-c2c3cccnc3cc3c2ccc2cccnc23)cc1)c1cccc2ccccc12. The molecule has 0 aliphatic carbocycles. The molecule has 8 aromatic rings. The van der Waals surface area contributed by atoms with Gasteiger partial charge in [-0.2, -0.15) is 0 Å². The Bertz CT molecular complexity index is 2320. The third-order valence-electron chi connectivity index (χ3n) is 8.22. The molecule has 8 rings (SSSR count). The molecular formula is C38H25N2OP. The fourth-order valence-corrected chi connectivity index (χ4v) is 9.11. The molecule has 198 valence electrons. The van der Waals surface area contributed by atoms with Crippen molar-refractivity contribution in [1.29, 1.82) is 0 Å². The smallest absolute Gasteiger partial charge is 0.171 e. The zero-order chi connectivity index (χ0) is 28.1. The Morgan fingerprint density at radius 3 is 2.05 bits per heavy atom. The van der Waals surface area contributed by atoms with Crippen molar-refractivity contribution >= 4 is 66.4 Å². The van der Waals surface area contributed by atoms with Crippen molar-refractivity contribution < 1.29 is 4.57 Å². The van der Waals surface area contributed by atoms with Crippen molar-refractivity contribution in [3.63, 3.8) is 0 Å². The van der Waals surface area contributed by atoms with Gasteiger partial charge in [0.25, 0.3) is 0 Å². The fraction of sp³-hybridized carbons (Fsp3) is 0. The maximum Gasteiger partial charge on any atom is 0.171 e. The van der Waals surface area contributed by atoms with Crippen molar-refractivity contribution in [2.24, 2.45) is 0 Å². The number of pyridine rings is 2. The first kappa shape index (κ1) is 24.7. The standard InChI is InChI=1S/C38H25N2OP/c41-42(29-12-2-1-3-13-29,36-16-6-10-26-9-4-5-14-31(26)36)30-20-17-27(18-21-30)37-32-22-19-28-11-7-24-40-38(28)34(32)25-35-33(37)15-8-23-39-35/h1-25H. The Morgan fingerprint density at radius 2 is 1.17 bits per heavy atom. The predicted molar refractivity (Wildman–Crippen MR) is 177 cm³/mol. The van der Waals surface area contributed by atoms with Gasteiger partial charge in [-0.15, -0.1) is 0 Å². The number of rotatable bonds is 4. The molecule has 2 aromatic heterocycles. The van der Waals surface area contributed by atoms with Crippen LogP contribution < -0.4 is 15.9 Å². The number of fused-ring (bicyclic) bond motifs is 5. The second-order valence-electron chi connectivity index (χ2n) is 10.5. The second-order valence-corrected chi connectivity index (χ2v) is 13.3. The molecule has 42 heavy (non-hydrogen) atoms. The van der Waals surface area contributed by atoms with Gasteiger partial charge in [0, 0.05) is 44.5 Å². The Balaban J connectivity index is 1.37. The van der Waals surface area contributed by atoms with Crippen LogP contribution in [0.3, 0.4) is 0 Å². The van der Waals surface area contributed by atoms with Crippen LogP contribution in [0, 0.1) is 0 Å². The number of nitrogens with zero attached hydrogens (tertiary/aromatic N) is 2. The van der Waals surface area contributed by atoms with Crippen LogP contribution >= 0.6 is 7.14 Å². The monoisotopic (exact) mass is 556 g/mol. The molecule has 6 aromatic carbocycles. The molecule has 0 saturated heterocycles. The molecule has 0 saturated carbocycles. The summed E-state index contributed by atoms with van der Waals surface area (Å²) in [5.41, 5.74) is 4.04. The van der Waals surface area contributed by atoms with Gasteiger partial charge in [-0.25, -0.2) is 0 Å². The summed E-state index contributed by atoms with van der Waals surface area (Å²) in [4.78, 5) is 9.44. The first-order valence-corrected chi connectivity index (χ1v) is 15.7. The Morgan fingerprint density at radius 1 is 0.476 bits per heavy atom. The zero-order valence-corrected chi connectivity index (χ0v) is 23.6. The highest BCUT2D eigenvalue weighted by atomic mass is 31.2. The Kier molecular flexibility index (Phi) is 5.73. The van der Waals surface area contributed by atoms with Crippen molar-refractivity contribution in [3.05, 3.63) is 152 Å². The van der Waals surface area contributed by atoms with Crippen LogP contribution in [0.5, 0.6) is 0 Å². The van der Waals surface area contributed by atoms with Crippen LogP contribution in [0.1, 0.15) is 0 Å². The van der Waals surface area contributed by atoms with E-state index in [0.29, 0.717) is 0 Å². The van der Waals surface area contributed by atoms with Gasteiger partial charge < -0.3 is 4.57 Å². The van der Waals surface area contributed by atoms with Gasteiger partial charge in [-0.1, -0.05) is 121 Å². The summed E-state index contributed by atoms with van der Waals surface area (Å²) < 4.78 is 15.4. The minimum Gasteiger partial charge on any atom is -0.309 e. The molecule has 0 spiro atoms. The van der Waals surface area contributed by atoms with Crippen molar-refractivity contribution in [1.82, 2.24) is 9.97 Å². The molecule has 1 atom stereocenters. The molecule has 0 aliphatic rings. The van der Waals surface area contributed by atoms with Gasteiger partial charge in [-0.05, 0) is 45.5 Å². The number of hydrogen-bond acceptors (Lipinski definition) is 3. The average molecular weight is 557 g/mol. The van der Waals surface area contributed by atoms with Crippen LogP contribution in [0.15, 0.2) is 152 Å². The van der Waals surface area contributed by atoms with E-state index in [1.54, 1.807) is 0 Å². The highest BCUT2D eigenvalue weighted by molar-refractivity contribution is 7.85. The van der Waals surface area contributed by atoms with E-state index >= 15 is 4.57 Å². The highest BCUT2D eigenvalue weighted by Gasteiger charge is 2.31. The van der Waals surface area contributed by atoms with Crippen LogP contribution in [-0.4, -0.2) is 9.97 Å². The van der Waals surface area contributed by atoms with E-state index < -0.39 is 7.14 Å². The Labute approximate surface area is 243 Å². The minimum absolute atomic E-state index is 0.809. The molecule has 0 aliphatic heterocycles. The van der Waals surface area contributed by atoms with Gasteiger partial charge in [0.1, 0.15) is 0 Å². The van der Waals surface area contributed by atoms with Crippen molar-refractivity contribution in [3.8, 4) is 11.1 Å². The lowest BCUT2D eigenvalue weighted by Crippen LogP contribution is -2.25. The largest absolute Gasteiger partial charge is 0.309 e. The molecule has 1 unspecified atom stereocenters. The molecule has 0 amide bonds. The predicted octanol–water partition coefficient (Wildman–Crippen LogP) is 8.40. The van der Waals surface area contributed by atoms with E-state index in [4.69, 9.17) is 9.97 Å². The highest BCUT2D eigenvalue weighted by Crippen LogP contribution is 2.45. The second kappa shape index (κ2) is 9.76. The molecule has 2 heterocycles. The first-order chi connectivity index (χ1) is 20.7. The van der Waals surface area contributed by atoms with Gasteiger partial charge in [-0.3, -0.25) is 9.97 Å². The van der Waals surface area contributed by atoms with Crippen molar-refractivity contribution in [2.75, 3.05) is 0 Å². The van der Waals surface area contributed by atoms with Crippen molar-refractivity contribution in [2.45, 2.75) is 0 Å². The van der Waals surface area contributed by atoms with Gasteiger partial charge in [0.2, 0.25) is 0 Å². The molecule has 0 N–H and O–H groups in total. The molecule has 4 heteroatoms. The zero-order valence-electron chi connectivity index (χ0n) is 22.7. The number of benzene rings is 6. The molecular weight excluding hydrogens is 531 g/mol. The summed E-state index contributed by atoms with van der Waals surface area (Å²) in [5.74, 6) is 0. The van der Waals surface area contributed by atoms with E-state index in [0.717, 1.165) is 70.4 Å². The lowest BCUT2D eigenvalue weighted by Gasteiger charge is -2.22. The van der Waals surface area contributed by atoms with E-state index in [1.165, 1.54) is 0 Å². The summed E-state index contributed by atoms with van der Waals surface area (Å²) >= 11 is 0. The molecule has 0 radical (unpaired) electrons. The summed E-state index contributed by atoms with van der Waals surface area (Å²) in [6.07, 6.45) is 3.67. The van der Waals surface area contributed by atoms with Crippen LogP contribution in [-0.2, 0) is 4.57 Å². The van der Waals surface area contributed by atoms with Crippen LogP contribution in [0.2, 0.25) is 0 Å². The van der Waals surface area contributed by atoms with E-state index in [2.05, 4.69) is 60.7 Å². The summed E-state index contributed by atoms with van der Waals surface area (Å²) in [6, 6.07) is 47.1. The third-order valence-corrected chi connectivity index (χ3v) is 11.3. The van der Waals surface area contributed by atoms with Gasteiger partial charge in [0.15, 0.2) is 7.14 Å². The maximum absolute atomic E-state index is 15.4. The summed E-state index contributed by atoms with van der Waals surface area (Å²) in [6.45, 7) is 0. The number of aromatic nitrogens is 2. The first-order valence-electron chi connectivity index (χ1n) is 14.0. The van der Waals surface area contributed by atoms with Gasteiger partial charge >= 0.3 is 0 Å². The topological polar surface area (TPSA) is 42.9 Å². The summed E-state index contributed by atoms with van der Waals surface area (Å²) in [5, 5.41) is 8.96. The minimum atomic E-state index is -3.18. The maximum atomic E-state index is 15.4. The quantitative estimate of drug-likeness (QED) is 0.124. The van der Waals surface area contributed by atoms with Crippen LogP contribution in [0.4, 0.5) is 0 Å². The normalized spacial score (nSPS) is 13.0. The average Bonchev–Trinajstić information content (AvgIpc) is 3.07. The van der Waals surface area contributed by atoms with E-state index in [-0.39, 0.29) is 0 Å². The third kappa shape index (κ3) is 3.79. The van der Waals surface area contributed by atoms with E-state index in [9.17, 15) is 0 Å². The van der Waals surface area contributed by atoms with E-state index in [1.807, 2.05) is 91.3 Å². The summed E-state index contributed by atoms with van der Waals surface area (Å²) in [7, 11) is -3.18. The van der Waals surface area contributed by atoms with Gasteiger partial charge in [0.05, 0.1) is 11.0 Å².